The standard InChI is InChI=1S/C16H27N3O2S/c1-12(2)14-7-13(5-3-4-6-17)8-16(9-14)22(20,21)19-15-10-18-11-15/h7-9,12,15,18-19H,3-6,10-11,17H2,1-2H3. The van der Waals surface area contributed by atoms with E-state index in [9.17, 15) is 8.42 Å². The van der Waals surface area contributed by atoms with E-state index in [2.05, 4.69) is 30.0 Å². The zero-order valence-electron chi connectivity index (χ0n) is 13.4. The summed E-state index contributed by atoms with van der Waals surface area (Å²) in [5, 5.41) is 3.07. The van der Waals surface area contributed by atoms with Crippen LogP contribution < -0.4 is 15.8 Å². The van der Waals surface area contributed by atoms with Gasteiger partial charge in [-0.05, 0) is 55.0 Å². The maximum absolute atomic E-state index is 12.5. The summed E-state index contributed by atoms with van der Waals surface area (Å²) in [4.78, 5) is 0.383. The van der Waals surface area contributed by atoms with Crippen molar-refractivity contribution in [2.24, 2.45) is 5.73 Å². The average molecular weight is 325 g/mol. The van der Waals surface area contributed by atoms with Crippen LogP contribution in [0, 0.1) is 0 Å². The second-order valence-electron chi connectivity index (χ2n) is 6.29. The largest absolute Gasteiger partial charge is 0.330 e. The lowest BCUT2D eigenvalue weighted by atomic mass is 9.98. The van der Waals surface area contributed by atoms with Crippen molar-refractivity contribution in [1.82, 2.24) is 10.0 Å². The second kappa shape index (κ2) is 7.55. The number of unbranched alkanes of at least 4 members (excludes halogenated alkanes) is 1. The van der Waals surface area contributed by atoms with Gasteiger partial charge < -0.3 is 11.1 Å². The number of benzene rings is 1. The molecule has 0 aliphatic carbocycles. The highest BCUT2D eigenvalue weighted by Gasteiger charge is 2.25. The van der Waals surface area contributed by atoms with E-state index in [4.69, 9.17) is 5.73 Å². The molecule has 2 rings (SSSR count). The fourth-order valence-corrected chi connectivity index (χ4v) is 3.79. The molecule has 1 fully saturated rings. The van der Waals surface area contributed by atoms with Crippen molar-refractivity contribution in [3.05, 3.63) is 29.3 Å². The Morgan fingerprint density at radius 1 is 1.27 bits per heavy atom. The van der Waals surface area contributed by atoms with Crippen LogP contribution in [0.1, 0.15) is 43.7 Å². The van der Waals surface area contributed by atoms with E-state index in [1.54, 1.807) is 12.1 Å². The second-order valence-corrected chi connectivity index (χ2v) is 8.00. The molecule has 1 aliphatic heterocycles. The molecule has 22 heavy (non-hydrogen) atoms. The molecule has 4 N–H and O–H groups in total. The summed E-state index contributed by atoms with van der Waals surface area (Å²) in [6.45, 7) is 6.24. The molecule has 0 bridgehead atoms. The molecular weight excluding hydrogens is 298 g/mol. The van der Waals surface area contributed by atoms with E-state index in [0.29, 0.717) is 30.4 Å². The molecule has 1 aromatic carbocycles. The zero-order chi connectivity index (χ0) is 16.2. The first-order chi connectivity index (χ1) is 10.4. The summed E-state index contributed by atoms with van der Waals surface area (Å²) in [5.41, 5.74) is 7.68. The summed E-state index contributed by atoms with van der Waals surface area (Å²) in [6, 6.07) is 5.72. The van der Waals surface area contributed by atoms with Crippen molar-refractivity contribution < 1.29 is 8.42 Å². The van der Waals surface area contributed by atoms with Crippen molar-refractivity contribution >= 4 is 10.0 Å². The Morgan fingerprint density at radius 2 is 2.00 bits per heavy atom. The van der Waals surface area contributed by atoms with Crippen molar-refractivity contribution in [2.75, 3.05) is 19.6 Å². The van der Waals surface area contributed by atoms with Gasteiger partial charge in [0.2, 0.25) is 10.0 Å². The van der Waals surface area contributed by atoms with Gasteiger partial charge in [-0.2, -0.15) is 0 Å². The third-order valence-corrected chi connectivity index (χ3v) is 5.49. The molecule has 0 radical (unpaired) electrons. The lowest BCUT2D eigenvalue weighted by Gasteiger charge is -2.27. The third kappa shape index (κ3) is 4.52. The van der Waals surface area contributed by atoms with E-state index in [1.165, 1.54) is 0 Å². The Balaban J connectivity index is 2.24. The third-order valence-electron chi connectivity index (χ3n) is 3.99. The molecule has 0 unspecified atom stereocenters. The molecule has 124 valence electrons. The molecule has 5 nitrogen and oxygen atoms in total. The van der Waals surface area contributed by atoms with Crippen LogP contribution in [-0.2, 0) is 16.4 Å². The van der Waals surface area contributed by atoms with Gasteiger partial charge >= 0.3 is 0 Å². The van der Waals surface area contributed by atoms with Gasteiger partial charge in [0.25, 0.3) is 0 Å². The normalized spacial score (nSPS) is 16.0. The van der Waals surface area contributed by atoms with Crippen LogP contribution in [0.15, 0.2) is 23.1 Å². The summed E-state index contributed by atoms with van der Waals surface area (Å²) < 4.78 is 27.8. The van der Waals surface area contributed by atoms with Gasteiger partial charge in [0.05, 0.1) is 4.90 Å². The van der Waals surface area contributed by atoms with Gasteiger partial charge in [0, 0.05) is 19.1 Å². The molecule has 1 heterocycles. The highest BCUT2D eigenvalue weighted by molar-refractivity contribution is 7.89. The van der Waals surface area contributed by atoms with Crippen LogP contribution >= 0.6 is 0 Å². The van der Waals surface area contributed by atoms with E-state index in [1.807, 2.05) is 0 Å². The molecule has 1 saturated heterocycles. The van der Waals surface area contributed by atoms with Gasteiger partial charge in [-0.25, -0.2) is 13.1 Å². The Morgan fingerprint density at radius 3 is 2.55 bits per heavy atom. The molecule has 0 atom stereocenters. The van der Waals surface area contributed by atoms with Crippen molar-refractivity contribution in [3.63, 3.8) is 0 Å². The minimum Gasteiger partial charge on any atom is -0.330 e. The topological polar surface area (TPSA) is 84.2 Å². The maximum Gasteiger partial charge on any atom is 0.240 e. The van der Waals surface area contributed by atoms with Crippen LogP contribution in [0.2, 0.25) is 0 Å². The SMILES string of the molecule is CC(C)c1cc(CCCCN)cc(S(=O)(=O)NC2CNC2)c1. The summed E-state index contributed by atoms with van der Waals surface area (Å²) in [7, 11) is -3.44. The van der Waals surface area contributed by atoms with Gasteiger partial charge in [0.15, 0.2) is 0 Å². The summed E-state index contributed by atoms with van der Waals surface area (Å²) >= 11 is 0. The fourth-order valence-electron chi connectivity index (χ4n) is 2.45. The van der Waals surface area contributed by atoms with Gasteiger partial charge in [-0.3, -0.25) is 0 Å². The number of hydrogen-bond acceptors (Lipinski definition) is 4. The van der Waals surface area contributed by atoms with Gasteiger partial charge in [0.1, 0.15) is 0 Å². The number of rotatable bonds is 8. The van der Waals surface area contributed by atoms with Crippen LogP contribution in [0.5, 0.6) is 0 Å². The minimum atomic E-state index is -3.44. The molecule has 6 heteroatoms. The van der Waals surface area contributed by atoms with E-state index < -0.39 is 10.0 Å². The van der Waals surface area contributed by atoms with Crippen LogP contribution in [-0.4, -0.2) is 34.1 Å². The van der Waals surface area contributed by atoms with Crippen molar-refractivity contribution in [2.45, 2.75) is 50.0 Å². The smallest absolute Gasteiger partial charge is 0.240 e. The minimum absolute atomic E-state index is 0.00777. The zero-order valence-corrected chi connectivity index (χ0v) is 14.2. The van der Waals surface area contributed by atoms with E-state index >= 15 is 0 Å². The van der Waals surface area contributed by atoms with Crippen LogP contribution in [0.3, 0.4) is 0 Å². The van der Waals surface area contributed by atoms with Crippen molar-refractivity contribution in [3.8, 4) is 0 Å². The molecule has 0 saturated carbocycles. The first kappa shape index (κ1) is 17.4. The number of hydrogen-bond donors (Lipinski definition) is 3. The number of nitrogens with two attached hydrogens (primary N) is 1. The first-order valence-corrected chi connectivity index (χ1v) is 9.47. The Labute approximate surface area is 133 Å². The van der Waals surface area contributed by atoms with E-state index in [-0.39, 0.29) is 6.04 Å². The molecule has 1 aliphatic rings. The molecular formula is C16H27N3O2S. The lowest BCUT2D eigenvalue weighted by molar-refractivity contribution is 0.410. The molecule has 0 spiro atoms. The molecule has 0 aromatic heterocycles. The average Bonchev–Trinajstić information content (AvgIpc) is 2.43. The van der Waals surface area contributed by atoms with Crippen LogP contribution in [0.25, 0.3) is 0 Å². The van der Waals surface area contributed by atoms with Gasteiger partial charge in [-0.1, -0.05) is 19.9 Å². The quantitative estimate of drug-likeness (QED) is 0.630. The molecule has 0 amide bonds. The monoisotopic (exact) mass is 325 g/mol. The fraction of sp³-hybridized carbons (Fsp3) is 0.625. The number of aryl methyl sites for hydroxylation is 1. The Bertz CT molecular complexity index is 595. The summed E-state index contributed by atoms with van der Waals surface area (Å²) in [6.07, 6.45) is 2.81. The number of sulfonamides is 1. The predicted molar refractivity (Wildman–Crippen MR) is 89.5 cm³/mol. The maximum atomic E-state index is 12.5. The Hall–Kier alpha value is -0.950. The highest BCUT2D eigenvalue weighted by atomic mass is 32.2. The van der Waals surface area contributed by atoms with Crippen molar-refractivity contribution in [1.29, 1.82) is 0 Å². The van der Waals surface area contributed by atoms with Gasteiger partial charge in [-0.15, -0.1) is 0 Å². The predicted octanol–water partition coefficient (Wildman–Crippen LogP) is 1.34. The highest BCUT2D eigenvalue weighted by Crippen LogP contribution is 2.23. The Kier molecular flexibility index (Phi) is 5.97. The lowest BCUT2D eigenvalue weighted by Crippen LogP contribution is -2.56. The van der Waals surface area contributed by atoms with E-state index in [0.717, 1.165) is 30.4 Å². The molecule has 1 aromatic rings. The first-order valence-electron chi connectivity index (χ1n) is 7.99. The number of nitrogens with one attached hydrogen (secondary N) is 2. The summed E-state index contributed by atoms with van der Waals surface area (Å²) in [5.74, 6) is 0.300. The van der Waals surface area contributed by atoms with Crippen LogP contribution in [0.4, 0.5) is 0 Å².